The Morgan fingerprint density at radius 1 is 1.00 bits per heavy atom. The number of aliphatic hydroxyl groups excluding tert-OH is 1. The lowest BCUT2D eigenvalue weighted by Gasteiger charge is -2.31. The summed E-state index contributed by atoms with van der Waals surface area (Å²) in [5.41, 5.74) is 3.99. The SMILES string of the molecule is Cc1ccc(CC(C)(C)[C@@H](O)Cc2ccc(C=O)cc2)cc1. The van der Waals surface area contributed by atoms with Gasteiger partial charge in [0.25, 0.3) is 0 Å². The molecule has 0 amide bonds. The van der Waals surface area contributed by atoms with E-state index in [2.05, 4.69) is 45.0 Å². The largest absolute Gasteiger partial charge is 0.392 e. The Bertz CT molecular complexity index is 609. The molecule has 0 saturated carbocycles. The molecule has 0 aromatic heterocycles. The summed E-state index contributed by atoms with van der Waals surface area (Å²) in [7, 11) is 0. The zero-order valence-corrected chi connectivity index (χ0v) is 13.5. The van der Waals surface area contributed by atoms with Gasteiger partial charge in [-0.2, -0.15) is 0 Å². The van der Waals surface area contributed by atoms with Gasteiger partial charge in [0.05, 0.1) is 6.10 Å². The van der Waals surface area contributed by atoms with E-state index >= 15 is 0 Å². The molecular weight excluding hydrogens is 272 g/mol. The van der Waals surface area contributed by atoms with Crippen LogP contribution >= 0.6 is 0 Å². The molecule has 0 aliphatic carbocycles. The zero-order valence-electron chi connectivity index (χ0n) is 13.5. The maximum atomic E-state index is 10.7. The van der Waals surface area contributed by atoms with Crippen molar-refractivity contribution in [3.63, 3.8) is 0 Å². The van der Waals surface area contributed by atoms with Gasteiger partial charge in [-0.05, 0) is 36.3 Å². The molecule has 2 aromatic carbocycles. The molecule has 2 heteroatoms. The lowest BCUT2D eigenvalue weighted by Crippen LogP contribution is -2.33. The number of aryl methyl sites for hydroxylation is 1. The van der Waals surface area contributed by atoms with Crippen LogP contribution in [0.25, 0.3) is 0 Å². The second kappa shape index (κ2) is 6.89. The molecular formula is C20H24O2. The molecule has 0 radical (unpaired) electrons. The minimum Gasteiger partial charge on any atom is -0.392 e. The summed E-state index contributed by atoms with van der Waals surface area (Å²) in [4.78, 5) is 10.7. The second-order valence-electron chi connectivity index (χ2n) is 6.73. The van der Waals surface area contributed by atoms with Crippen LogP contribution < -0.4 is 0 Å². The van der Waals surface area contributed by atoms with E-state index in [-0.39, 0.29) is 5.41 Å². The van der Waals surface area contributed by atoms with Crippen LogP contribution in [0.1, 0.15) is 40.9 Å². The third-order valence-corrected chi connectivity index (χ3v) is 4.23. The summed E-state index contributed by atoms with van der Waals surface area (Å²) in [6.07, 6.45) is 1.83. The van der Waals surface area contributed by atoms with Crippen LogP contribution in [-0.2, 0) is 12.8 Å². The van der Waals surface area contributed by atoms with Gasteiger partial charge in [0.2, 0.25) is 0 Å². The van der Waals surface area contributed by atoms with Crippen molar-refractivity contribution >= 4 is 6.29 Å². The average molecular weight is 296 g/mol. The number of benzene rings is 2. The number of rotatable bonds is 6. The highest BCUT2D eigenvalue weighted by Gasteiger charge is 2.28. The molecule has 1 N–H and O–H groups in total. The Hall–Kier alpha value is -1.93. The van der Waals surface area contributed by atoms with Gasteiger partial charge in [0.15, 0.2) is 0 Å². The second-order valence-corrected chi connectivity index (χ2v) is 6.73. The predicted molar refractivity (Wildman–Crippen MR) is 90.2 cm³/mol. The summed E-state index contributed by atoms with van der Waals surface area (Å²) < 4.78 is 0. The van der Waals surface area contributed by atoms with Gasteiger partial charge in [0.1, 0.15) is 6.29 Å². The fourth-order valence-electron chi connectivity index (χ4n) is 2.58. The Morgan fingerprint density at radius 2 is 1.55 bits per heavy atom. The Labute approximate surface area is 132 Å². The van der Waals surface area contributed by atoms with E-state index in [4.69, 9.17) is 0 Å². The smallest absolute Gasteiger partial charge is 0.150 e. The lowest BCUT2D eigenvalue weighted by molar-refractivity contribution is 0.0508. The fourth-order valence-corrected chi connectivity index (χ4v) is 2.58. The molecule has 0 bridgehead atoms. The Kier molecular flexibility index (Phi) is 5.15. The third kappa shape index (κ3) is 4.28. The minimum atomic E-state index is -0.434. The van der Waals surface area contributed by atoms with E-state index in [1.165, 1.54) is 11.1 Å². The van der Waals surface area contributed by atoms with Gasteiger partial charge in [-0.3, -0.25) is 4.79 Å². The van der Waals surface area contributed by atoms with E-state index in [1.54, 1.807) is 12.1 Å². The molecule has 0 saturated heterocycles. The maximum absolute atomic E-state index is 10.7. The highest BCUT2D eigenvalue weighted by Crippen LogP contribution is 2.28. The predicted octanol–water partition coefficient (Wildman–Crippen LogP) is 3.98. The lowest BCUT2D eigenvalue weighted by atomic mass is 9.78. The number of carbonyl (C=O) groups is 1. The summed E-state index contributed by atoms with van der Waals surface area (Å²) in [5.74, 6) is 0. The molecule has 1 atom stereocenters. The average Bonchev–Trinajstić information content (AvgIpc) is 2.50. The monoisotopic (exact) mass is 296 g/mol. The van der Waals surface area contributed by atoms with Crippen molar-refractivity contribution in [1.82, 2.24) is 0 Å². The number of carbonyl (C=O) groups excluding carboxylic acids is 1. The molecule has 0 fully saturated rings. The van der Waals surface area contributed by atoms with Gasteiger partial charge in [0, 0.05) is 5.56 Å². The Morgan fingerprint density at radius 3 is 2.09 bits per heavy atom. The number of hydrogen-bond donors (Lipinski definition) is 1. The summed E-state index contributed by atoms with van der Waals surface area (Å²) >= 11 is 0. The molecule has 0 spiro atoms. The fraction of sp³-hybridized carbons (Fsp3) is 0.350. The van der Waals surface area contributed by atoms with Crippen molar-refractivity contribution in [2.45, 2.75) is 39.7 Å². The van der Waals surface area contributed by atoms with Crippen molar-refractivity contribution in [2.24, 2.45) is 5.41 Å². The highest BCUT2D eigenvalue weighted by atomic mass is 16.3. The highest BCUT2D eigenvalue weighted by molar-refractivity contribution is 5.74. The van der Waals surface area contributed by atoms with Crippen molar-refractivity contribution in [3.8, 4) is 0 Å². The maximum Gasteiger partial charge on any atom is 0.150 e. The van der Waals surface area contributed by atoms with Crippen LogP contribution in [0.5, 0.6) is 0 Å². The quantitative estimate of drug-likeness (QED) is 0.819. The molecule has 0 heterocycles. The van der Waals surface area contributed by atoms with Crippen molar-refractivity contribution in [1.29, 1.82) is 0 Å². The van der Waals surface area contributed by atoms with E-state index in [1.807, 2.05) is 12.1 Å². The number of aldehydes is 1. The number of aliphatic hydroxyl groups is 1. The van der Waals surface area contributed by atoms with E-state index in [0.29, 0.717) is 12.0 Å². The van der Waals surface area contributed by atoms with Crippen molar-refractivity contribution in [3.05, 3.63) is 70.8 Å². The summed E-state index contributed by atoms with van der Waals surface area (Å²) in [6, 6.07) is 15.9. The first-order chi connectivity index (χ1) is 10.4. The topological polar surface area (TPSA) is 37.3 Å². The van der Waals surface area contributed by atoms with Gasteiger partial charge in [-0.25, -0.2) is 0 Å². The van der Waals surface area contributed by atoms with Crippen LogP contribution in [0.2, 0.25) is 0 Å². The van der Waals surface area contributed by atoms with E-state index in [0.717, 1.165) is 18.3 Å². The molecule has 0 unspecified atom stereocenters. The summed E-state index contributed by atoms with van der Waals surface area (Å²) in [5, 5.41) is 10.6. The van der Waals surface area contributed by atoms with Gasteiger partial charge in [-0.1, -0.05) is 67.9 Å². The molecule has 2 aromatic rings. The van der Waals surface area contributed by atoms with Crippen LogP contribution in [-0.4, -0.2) is 17.5 Å². The van der Waals surface area contributed by atoms with Crippen LogP contribution in [0.15, 0.2) is 48.5 Å². The van der Waals surface area contributed by atoms with Crippen molar-refractivity contribution in [2.75, 3.05) is 0 Å². The van der Waals surface area contributed by atoms with Crippen LogP contribution in [0.3, 0.4) is 0 Å². The normalized spacial score (nSPS) is 12.9. The third-order valence-electron chi connectivity index (χ3n) is 4.23. The molecule has 116 valence electrons. The van der Waals surface area contributed by atoms with Gasteiger partial charge in [-0.15, -0.1) is 0 Å². The first-order valence-electron chi connectivity index (χ1n) is 7.68. The molecule has 0 aliphatic rings. The van der Waals surface area contributed by atoms with Crippen LogP contribution in [0.4, 0.5) is 0 Å². The van der Waals surface area contributed by atoms with Crippen LogP contribution in [0, 0.1) is 12.3 Å². The molecule has 22 heavy (non-hydrogen) atoms. The van der Waals surface area contributed by atoms with Crippen molar-refractivity contribution < 1.29 is 9.90 Å². The van der Waals surface area contributed by atoms with E-state index < -0.39 is 6.10 Å². The van der Waals surface area contributed by atoms with E-state index in [9.17, 15) is 9.90 Å². The molecule has 2 rings (SSSR count). The zero-order chi connectivity index (χ0) is 16.2. The molecule has 2 nitrogen and oxygen atoms in total. The van der Waals surface area contributed by atoms with Gasteiger partial charge >= 0.3 is 0 Å². The minimum absolute atomic E-state index is 0.210. The summed E-state index contributed by atoms with van der Waals surface area (Å²) in [6.45, 7) is 6.27. The number of hydrogen-bond acceptors (Lipinski definition) is 2. The first-order valence-corrected chi connectivity index (χ1v) is 7.68. The molecule has 0 aliphatic heterocycles. The Balaban J connectivity index is 2.03. The first kappa shape index (κ1) is 16.4. The standard InChI is InChI=1S/C20H24O2/c1-15-4-6-17(7-5-15)13-20(2,3)19(22)12-16-8-10-18(14-21)11-9-16/h4-11,14,19,22H,12-13H2,1-3H3/t19-/m0/s1. The van der Waals surface area contributed by atoms with Gasteiger partial charge < -0.3 is 5.11 Å².